The van der Waals surface area contributed by atoms with Crippen molar-refractivity contribution in [3.63, 3.8) is 0 Å². The number of hydrogen-bond donors (Lipinski definition) is 2. The minimum absolute atomic E-state index is 0.0114. The van der Waals surface area contributed by atoms with E-state index in [9.17, 15) is 12.8 Å². The topological polar surface area (TPSA) is 72.2 Å². The Hall–Kier alpha value is -0.690. The van der Waals surface area contributed by atoms with E-state index in [2.05, 4.69) is 4.72 Å². The minimum Gasteiger partial charge on any atom is -0.326 e. The van der Waals surface area contributed by atoms with Gasteiger partial charge in [0.2, 0.25) is 10.0 Å². The Bertz CT molecular complexity index is 586. The monoisotopic (exact) mass is 320 g/mol. The van der Waals surface area contributed by atoms with Gasteiger partial charge in [0.1, 0.15) is 5.82 Å². The lowest BCUT2D eigenvalue weighted by Crippen LogP contribution is -2.36. The molecule has 0 radical (unpaired) electrons. The maximum atomic E-state index is 13.7. The largest absolute Gasteiger partial charge is 0.326 e. The molecule has 0 saturated heterocycles. The molecule has 0 heterocycles. The second kappa shape index (κ2) is 6.39. The Labute approximate surface area is 123 Å². The van der Waals surface area contributed by atoms with E-state index in [-0.39, 0.29) is 28.1 Å². The molecule has 112 valence electrons. The molecule has 3 N–H and O–H groups in total. The highest BCUT2D eigenvalue weighted by molar-refractivity contribution is 7.89. The van der Waals surface area contributed by atoms with Crippen molar-refractivity contribution in [3.8, 4) is 0 Å². The third-order valence-electron chi connectivity index (χ3n) is 3.53. The zero-order valence-electron chi connectivity index (χ0n) is 11.0. The first-order chi connectivity index (χ1) is 9.44. The predicted octanol–water partition coefficient (Wildman–Crippen LogP) is 2.55. The normalized spacial score (nSPS) is 17.4. The van der Waals surface area contributed by atoms with Gasteiger partial charge in [-0.15, -0.1) is 0 Å². The maximum absolute atomic E-state index is 13.7. The van der Waals surface area contributed by atoms with Crippen molar-refractivity contribution in [1.29, 1.82) is 0 Å². The van der Waals surface area contributed by atoms with E-state index >= 15 is 0 Å². The zero-order valence-corrected chi connectivity index (χ0v) is 12.6. The summed E-state index contributed by atoms with van der Waals surface area (Å²) in [4.78, 5) is -0.120. The van der Waals surface area contributed by atoms with Crippen LogP contribution in [0.2, 0.25) is 5.02 Å². The van der Waals surface area contributed by atoms with Crippen molar-refractivity contribution in [2.75, 3.05) is 0 Å². The fraction of sp³-hybridized carbons (Fsp3) is 0.538. The van der Waals surface area contributed by atoms with E-state index in [1.807, 2.05) is 0 Å². The third kappa shape index (κ3) is 3.49. The molecule has 0 bridgehead atoms. The van der Waals surface area contributed by atoms with Crippen LogP contribution < -0.4 is 10.5 Å². The summed E-state index contributed by atoms with van der Waals surface area (Å²) in [5, 5.41) is -0.121. The highest BCUT2D eigenvalue weighted by Crippen LogP contribution is 2.25. The molecule has 0 aromatic heterocycles. The summed E-state index contributed by atoms with van der Waals surface area (Å²) in [7, 11) is -3.74. The SMILES string of the molecule is NCc1cc(S(=O)(=O)NC2CCCCC2)cc(F)c1Cl. The Morgan fingerprint density at radius 3 is 2.55 bits per heavy atom. The van der Waals surface area contributed by atoms with Crippen molar-refractivity contribution in [2.24, 2.45) is 5.73 Å². The van der Waals surface area contributed by atoms with Crippen molar-refractivity contribution in [2.45, 2.75) is 49.6 Å². The molecule has 0 aliphatic heterocycles. The second-order valence-electron chi connectivity index (χ2n) is 5.04. The lowest BCUT2D eigenvalue weighted by atomic mass is 9.96. The van der Waals surface area contributed by atoms with E-state index < -0.39 is 15.8 Å². The van der Waals surface area contributed by atoms with Crippen LogP contribution >= 0.6 is 11.6 Å². The zero-order chi connectivity index (χ0) is 14.8. The van der Waals surface area contributed by atoms with Gasteiger partial charge in [-0.25, -0.2) is 17.5 Å². The van der Waals surface area contributed by atoms with Gasteiger partial charge in [0.05, 0.1) is 9.92 Å². The Morgan fingerprint density at radius 2 is 1.95 bits per heavy atom. The number of hydrogen-bond acceptors (Lipinski definition) is 3. The fourth-order valence-corrected chi connectivity index (χ4v) is 3.98. The van der Waals surface area contributed by atoms with Crippen LogP contribution in [0, 0.1) is 5.82 Å². The number of benzene rings is 1. The Kier molecular flexibility index (Phi) is 5.01. The van der Waals surface area contributed by atoms with Gasteiger partial charge >= 0.3 is 0 Å². The molecule has 0 unspecified atom stereocenters. The third-order valence-corrected chi connectivity index (χ3v) is 5.46. The number of nitrogens with one attached hydrogen (secondary N) is 1. The van der Waals surface area contributed by atoms with Crippen LogP contribution in [-0.4, -0.2) is 14.5 Å². The first-order valence-electron chi connectivity index (χ1n) is 6.64. The summed E-state index contributed by atoms with van der Waals surface area (Å²) in [6.07, 6.45) is 4.79. The molecule has 1 fully saturated rings. The number of rotatable bonds is 4. The molecular weight excluding hydrogens is 303 g/mol. The van der Waals surface area contributed by atoms with E-state index in [1.165, 1.54) is 6.07 Å². The lowest BCUT2D eigenvalue weighted by Gasteiger charge is -2.22. The Morgan fingerprint density at radius 1 is 1.30 bits per heavy atom. The number of sulfonamides is 1. The molecule has 2 rings (SSSR count). The average molecular weight is 321 g/mol. The van der Waals surface area contributed by atoms with Crippen molar-refractivity contribution in [3.05, 3.63) is 28.5 Å². The van der Waals surface area contributed by atoms with Gasteiger partial charge in [-0.2, -0.15) is 0 Å². The van der Waals surface area contributed by atoms with Gasteiger partial charge in [0, 0.05) is 12.6 Å². The molecular formula is C13H18ClFN2O2S. The lowest BCUT2D eigenvalue weighted by molar-refractivity contribution is 0.412. The summed E-state index contributed by atoms with van der Waals surface area (Å²) < 4.78 is 40.8. The predicted molar refractivity (Wildman–Crippen MR) is 76.5 cm³/mol. The number of nitrogens with two attached hydrogens (primary N) is 1. The van der Waals surface area contributed by atoms with Crippen LogP contribution in [0.25, 0.3) is 0 Å². The van der Waals surface area contributed by atoms with Gasteiger partial charge in [-0.1, -0.05) is 30.9 Å². The molecule has 0 atom stereocenters. The van der Waals surface area contributed by atoms with E-state index in [1.54, 1.807) is 0 Å². The van der Waals surface area contributed by atoms with Gasteiger partial charge in [-0.3, -0.25) is 0 Å². The van der Waals surface area contributed by atoms with E-state index in [0.29, 0.717) is 0 Å². The molecule has 1 saturated carbocycles. The highest BCUT2D eigenvalue weighted by Gasteiger charge is 2.23. The Balaban J connectivity index is 2.26. The molecule has 1 aliphatic carbocycles. The van der Waals surface area contributed by atoms with E-state index in [4.69, 9.17) is 17.3 Å². The van der Waals surface area contributed by atoms with Gasteiger partial charge in [-0.05, 0) is 30.5 Å². The van der Waals surface area contributed by atoms with Crippen LogP contribution in [0.1, 0.15) is 37.7 Å². The number of halogens is 2. The molecule has 0 spiro atoms. The highest BCUT2D eigenvalue weighted by atomic mass is 35.5. The van der Waals surface area contributed by atoms with Crippen LogP contribution in [-0.2, 0) is 16.6 Å². The first kappa shape index (κ1) is 15.7. The van der Waals surface area contributed by atoms with Crippen molar-refractivity contribution >= 4 is 21.6 Å². The molecule has 0 amide bonds. The molecule has 4 nitrogen and oxygen atoms in total. The molecule has 1 aromatic carbocycles. The maximum Gasteiger partial charge on any atom is 0.240 e. The summed E-state index contributed by atoms with van der Waals surface area (Å²) in [5.74, 6) is -0.765. The van der Waals surface area contributed by atoms with Gasteiger partial charge in [0.15, 0.2) is 0 Å². The van der Waals surface area contributed by atoms with E-state index in [0.717, 1.165) is 38.2 Å². The molecule has 1 aliphatic rings. The first-order valence-corrected chi connectivity index (χ1v) is 8.50. The molecule has 1 aromatic rings. The van der Waals surface area contributed by atoms with Crippen molar-refractivity contribution in [1.82, 2.24) is 4.72 Å². The summed E-state index contributed by atoms with van der Waals surface area (Å²) in [6, 6.07) is 2.19. The van der Waals surface area contributed by atoms with Crippen molar-refractivity contribution < 1.29 is 12.8 Å². The fourth-order valence-electron chi connectivity index (χ4n) is 2.43. The summed E-state index contributed by atoms with van der Waals surface area (Å²) in [5.41, 5.74) is 5.74. The quantitative estimate of drug-likeness (QED) is 0.895. The van der Waals surface area contributed by atoms with Gasteiger partial charge in [0.25, 0.3) is 0 Å². The summed E-state index contributed by atoms with van der Waals surface area (Å²) in [6.45, 7) is -0.0114. The molecule has 7 heteroatoms. The van der Waals surface area contributed by atoms with Crippen LogP contribution in [0.15, 0.2) is 17.0 Å². The molecule has 20 heavy (non-hydrogen) atoms. The van der Waals surface area contributed by atoms with Crippen LogP contribution in [0.4, 0.5) is 4.39 Å². The van der Waals surface area contributed by atoms with Crippen LogP contribution in [0.3, 0.4) is 0 Å². The standard InChI is InChI=1S/C13H18ClFN2O2S/c14-13-9(8-16)6-11(7-12(13)15)20(18,19)17-10-4-2-1-3-5-10/h6-7,10,17H,1-5,8,16H2. The minimum atomic E-state index is -3.74. The smallest absolute Gasteiger partial charge is 0.240 e. The van der Waals surface area contributed by atoms with Gasteiger partial charge < -0.3 is 5.73 Å². The second-order valence-corrected chi connectivity index (χ2v) is 7.13. The summed E-state index contributed by atoms with van der Waals surface area (Å²) >= 11 is 5.74. The average Bonchev–Trinajstić information content (AvgIpc) is 2.42. The van der Waals surface area contributed by atoms with Crippen LogP contribution in [0.5, 0.6) is 0 Å².